The Morgan fingerprint density at radius 1 is 1.00 bits per heavy atom. The Morgan fingerprint density at radius 3 is 2.34 bits per heavy atom. The Hall–Kier alpha value is -3.18. The number of ether oxygens (including phenoxy) is 1. The molecule has 0 spiro atoms. The Morgan fingerprint density at radius 2 is 1.69 bits per heavy atom. The van der Waals surface area contributed by atoms with Gasteiger partial charge in [-0.25, -0.2) is 9.97 Å². The van der Waals surface area contributed by atoms with E-state index in [1.54, 1.807) is 24.5 Å². The summed E-state index contributed by atoms with van der Waals surface area (Å²) in [7, 11) is 4.02. The number of phenols is 1. The van der Waals surface area contributed by atoms with Crippen molar-refractivity contribution in [2.24, 2.45) is 0 Å². The second-order valence-corrected chi connectivity index (χ2v) is 7.13. The fourth-order valence-electron chi connectivity index (χ4n) is 2.86. The van der Waals surface area contributed by atoms with E-state index >= 15 is 0 Å². The molecule has 5 nitrogen and oxygen atoms in total. The van der Waals surface area contributed by atoms with Crippen LogP contribution in [0.4, 0.5) is 0 Å². The third kappa shape index (κ3) is 6.73. The average molecular weight is 389 g/mol. The number of likely N-dealkylation sites (N-methyl/N-ethyl adjacent to an activating group) is 1. The van der Waals surface area contributed by atoms with Gasteiger partial charge in [0.05, 0.1) is 12.4 Å². The lowest BCUT2D eigenvalue weighted by molar-refractivity contribution is 0.259. The summed E-state index contributed by atoms with van der Waals surface area (Å²) < 4.78 is 5.65. The van der Waals surface area contributed by atoms with Crippen LogP contribution in [0.3, 0.4) is 0 Å². The van der Waals surface area contributed by atoms with Gasteiger partial charge in [0.2, 0.25) is 0 Å². The third-order valence-electron chi connectivity index (χ3n) is 4.50. The maximum atomic E-state index is 9.52. The predicted molar refractivity (Wildman–Crippen MR) is 116 cm³/mol. The largest absolute Gasteiger partial charge is 0.508 e. The van der Waals surface area contributed by atoms with Crippen LogP contribution in [0.25, 0.3) is 5.57 Å². The lowest BCUT2D eigenvalue weighted by atomic mass is 9.97. The molecule has 0 saturated carbocycles. The molecular weight excluding hydrogens is 362 g/mol. The number of rotatable bonds is 9. The standard InChI is InChI=1S/C24H27N3O2/c1-27(2)14-15-29-23-17-25-24(26-18-23)13-10-21(20-6-4-3-5-7-20)16-19-8-11-22(28)12-9-19/h3-12,17-18,28H,13-16H2,1-2H3/b21-10+. The van der Waals surface area contributed by atoms with E-state index in [1.807, 2.05) is 44.4 Å². The molecule has 0 amide bonds. The molecule has 0 aliphatic rings. The van der Waals surface area contributed by atoms with Gasteiger partial charge in [-0.2, -0.15) is 0 Å². The molecule has 1 aromatic heterocycles. The first-order valence-electron chi connectivity index (χ1n) is 9.71. The molecule has 0 aliphatic carbocycles. The maximum absolute atomic E-state index is 9.52. The molecule has 29 heavy (non-hydrogen) atoms. The molecule has 3 rings (SSSR count). The van der Waals surface area contributed by atoms with Crippen molar-refractivity contribution in [3.63, 3.8) is 0 Å². The van der Waals surface area contributed by atoms with Crippen molar-refractivity contribution in [1.82, 2.24) is 14.9 Å². The molecule has 0 unspecified atom stereocenters. The van der Waals surface area contributed by atoms with Gasteiger partial charge in [0.25, 0.3) is 0 Å². The Kier molecular flexibility index (Phi) is 7.36. The summed E-state index contributed by atoms with van der Waals surface area (Å²) >= 11 is 0. The number of allylic oxidation sites excluding steroid dienone is 2. The predicted octanol–water partition coefficient (Wildman–Crippen LogP) is 3.99. The fourth-order valence-corrected chi connectivity index (χ4v) is 2.86. The van der Waals surface area contributed by atoms with Crippen molar-refractivity contribution in [1.29, 1.82) is 0 Å². The Balaban J connectivity index is 1.70. The number of aromatic hydroxyl groups is 1. The van der Waals surface area contributed by atoms with Gasteiger partial charge in [0, 0.05) is 13.0 Å². The van der Waals surface area contributed by atoms with Gasteiger partial charge in [0.15, 0.2) is 5.75 Å². The molecule has 2 aromatic carbocycles. The minimum atomic E-state index is 0.278. The SMILES string of the molecule is CN(C)CCOc1cnc(C/C=C(\Cc2ccc(O)cc2)c2ccccc2)nc1. The molecule has 0 atom stereocenters. The van der Waals surface area contributed by atoms with Gasteiger partial charge < -0.3 is 14.7 Å². The Bertz CT molecular complexity index is 905. The number of phenolic OH excluding ortho intramolecular Hbond substituents is 1. The quantitative estimate of drug-likeness (QED) is 0.600. The van der Waals surface area contributed by atoms with E-state index in [1.165, 1.54) is 11.1 Å². The molecule has 5 heteroatoms. The zero-order valence-corrected chi connectivity index (χ0v) is 17.0. The summed E-state index contributed by atoms with van der Waals surface area (Å²) in [4.78, 5) is 10.9. The van der Waals surface area contributed by atoms with Crippen LogP contribution in [0.5, 0.6) is 11.5 Å². The van der Waals surface area contributed by atoms with Gasteiger partial charge in [-0.3, -0.25) is 0 Å². The summed E-state index contributed by atoms with van der Waals surface area (Å²) in [6.45, 7) is 1.46. The lowest BCUT2D eigenvalue weighted by Gasteiger charge is -2.11. The van der Waals surface area contributed by atoms with E-state index in [0.29, 0.717) is 18.8 Å². The normalized spacial score (nSPS) is 11.6. The molecule has 0 aliphatic heterocycles. The second-order valence-electron chi connectivity index (χ2n) is 7.13. The van der Waals surface area contributed by atoms with Crippen molar-refractivity contribution >= 4 is 5.57 Å². The summed E-state index contributed by atoms with van der Waals surface area (Å²) in [6, 6.07) is 17.6. The monoisotopic (exact) mass is 389 g/mol. The van der Waals surface area contributed by atoms with E-state index in [0.717, 1.165) is 24.4 Å². The minimum absolute atomic E-state index is 0.278. The highest BCUT2D eigenvalue weighted by atomic mass is 16.5. The highest BCUT2D eigenvalue weighted by molar-refractivity contribution is 5.68. The molecule has 0 saturated heterocycles. The summed E-state index contributed by atoms with van der Waals surface area (Å²) in [5.41, 5.74) is 3.51. The molecule has 0 fully saturated rings. The highest BCUT2D eigenvalue weighted by Gasteiger charge is 2.05. The van der Waals surface area contributed by atoms with Crippen molar-refractivity contribution < 1.29 is 9.84 Å². The second kappa shape index (κ2) is 10.4. The fraction of sp³-hybridized carbons (Fsp3) is 0.250. The molecular formula is C24H27N3O2. The van der Waals surface area contributed by atoms with Crippen molar-refractivity contribution in [2.75, 3.05) is 27.2 Å². The van der Waals surface area contributed by atoms with Crippen LogP contribution in [0.15, 0.2) is 73.1 Å². The zero-order chi connectivity index (χ0) is 20.5. The molecule has 150 valence electrons. The minimum Gasteiger partial charge on any atom is -0.508 e. The van der Waals surface area contributed by atoms with Crippen LogP contribution in [-0.4, -0.2) is 47.2 Å². The number of hydrogen-bond acceptors (Lipinski definition) is 5. The topological polar surface area (TPSA) is 58.5 Å². The van der Waals surface area contributed by atoms with Crippen LogP contribution in [-0.2, 0) is 12.8 Å². The van der Waals surface area contributed by atoms with Crippen molar-refractivity contribution in [3.05, 3.63) is 90.0 Å². The average Bonchev–Trinajstić information content (AvgIpc) is 2.74. The van der Waals surface area contributed by atoms with Crippen LogP contribution in [0.2, 0.25) is 0 Å². The summed E-state index contributed by atoms with van der Waals surface area (Å²) in [5, 5.41) is 9.52. The number of nitrogens with zero attached hydrogens (tertiary/aromatic N) is 3. The number of hydrogen-bond donors (Lipinski definition) is 1. The lowest BCUT2D eigenvalue weighted by Crippen LogP contribution is -2.19. The molecule has 0 bridgehead atoms. The summed E-state index contributed by atoms with van der Waals surface area (Å²) in [6.07, 6.45) is 7.04. The van der Waals surface area contributed by atoms with Crippen LogP contribution >= 0.6 is 0 Å². The maximum Gasteiger partial charge on any atom is 0.155 e. The van der Waals surface area contributed by atoms with Gasteiger partial charge in [-0.1, -0.05) is 48.5 Å². The van der Waals surface area contributed by atoms with Gasteiger partial charge in [-0.05, 0) is 49.3 Å². The van der Waals surface area contributed by atoms with E-state index in [-0.39, 0.29) is 5.75 Å². The molecule has 1 heterocycles. The number of benzene rings is 2. The van der Waals surface area contributed by atoms with Gasteiger partial charge >= 0.3 is 0 Å². The van der Waals surface area contributed by atoms with E-state index in [9.17, 15) is 5.11 Å². The van der Waals surface area contributed by atoms with Gasteiger partial charge in [0.1, 0.15) is 18.2 Å². The molecule has 1 N–H and O–H groups in total. The highest BCUT2D eigenvalue weighted by Crippen LogP contribution is 2.22. The third-order valence-corrected chi connectivity index (χ3v) is 4.50. The van der Waals surface area contributed by atoms with Crippen LogP contribution in [0, 0.1) is 0 Å². The smallest absolute Gasteiger partial charge is 0.155 e. The molecule has 3 aromatic rings. The first-order valence-corrected chi connectivity index (χ1v) is 9.71. The van der Waals surface area contributed by atoms with E-state index in [2.05, 4.69) is 33.1 Å². The first-order chi connectivity index (χ1) is 14.1. The van der Waals surface area contributed by atoms with E-state index in [4.69, 9.17) is 4.74 Å². The van der Waals surface area contributed by atoms with Crippen LogP contribution in [0.1, 0.15) is 17.0 Å². The number of aromatic nitrogens is 2. The van der Waals surface area contributed by atoms with Crippen molar-refractivity contribution in [3.8, 4) is 11.5 Å². The van der Waals surface area contributed by atoms with Crippen molar-refractivity contribution in [2.45, 2.75) is 12.8 Å². The van der Waals surface area contributed by atoms with Crippen LogP contribution < -0.4 is 4.74 Å². The zero-order valence-electron chi connectivity index (χ0n) is 17.0. The first kappa shape index (κ1) is 20.6. The van der Waals surface area contributed by atoms with Gasteiger partial charge in [-0.15, -0.1) is 0 Å². The Labute approximate surface area is 172 Å². The molecule has 0 radical (unpaired) electrons. The van der Waals surface area contributed by atoms with E-state index < -0.39 is 0 Å². The summed E-state index contributed by atoms with van der Waals surface area (Å²) in [5.74, 6) is 1.72.